The van der Waals surface area contributed by atoms with Crippen molar-refractivity contribution in [3.8, 4) is 0 Å². The highest BCUT2D eigenvalue weighted by molar-refractivity contribution is 7.09. The van der Waals surface area contributed by atoms with E-state index in [1.165, 1.54) is 4.88 Å². The van der Waals surface area contributed by atoms with Crippen LogP contribution < -0.4 is 5.32 Å². The molecule has 0 aliphatic rings. The van der Waals surface area contributed by atoms with Crippen LogP contribution in [0.1, 0.15) is 38.0 Å². The van der Waals surface area contributed by atoms with Crippen LogP contribution >= 0.6 is 11.3 Å². The number of carboxylic acids is 1. The van der Waals surface area contributed by atoms with Crippen LogP contribution in [-0.2, 0) is 16.0 Å². The molecule has 1 amide bonds. The van der Waals surface area contributed by atoms with Crippen molar-refractivity contribution >= 4 is 23.2 Å². The van der Waals surface area contributed by atoms with E-state index < -0.39 is 5.97 Å². The molecule has 1 aromatic heterocycles. The average Bonchev–Trinajstić information content (AvgIpc) is 2.85. The van der Waals surface area contributed by atoms with Gasteiger partial charge in [-0.15, -0.1) is 11.3 Å². The van der Waals surface area contributed by atoms with Crippen molar-refractivity contribution in [2.75, 3.05) is 6.54 Å². The van der Waals surface area contributed by atoms with Crippen LogP contribution in [0.5, 0.6) is 0 Å². The lowest BCUT2D eigenvalue weighted by Gasteiger charge is -2.17. The number of nitrogens with one attached hydrogen (secondary N) is 1. The number of carboxylic acid groups (broad SMARTS) is 1. The second-order valence-corrected chi connectivity index (χ2v) is 6.51. The Labute approximate surface area is 124 Å². The van der Waals surface area contributed by atoms with Gasteiger partial charge in [0.25, 0.3) is 0 Å². The van der Waals surface area contributed by atoms with Gasteiger partial charge < -0.3 is 10.4 Å². The Hall–Kier alpha value is -1.36. The second-order valence-electron chi connectivity index (χ2n) is 5.48. The molecule has 0 spiro atoms. The number of amides is 1. The van der Waals surface area contributed by atoms with E-state index in [2.05, 4.69) is 19.2 Å². The molecule has 4 nitrogen and oxygen atoms in total. The summed E-state index contributed by atoms with van der Waals surface area (Å²) in [6, 6.07) is 3.99. The molecule has 112 valence electrons. The summed E-state index contributed by atoms with van der Waals surface area (Å²) in [7, 11) is 0. The first-order valence-electron chi connectivity index (χ1n) is 6.98. The summed E-state index contributed by atoms with van der Waals surface area (Å²) in [5.74, 6) is -0.360. The molecular weight excluding hydrogens is 274 g/mol. The minimum absolute atomic E-state index is 0.00227. The first-order chi connectivity index (χ1) is 9.47. The fraction of sp³-hybridized carbons (Fsp3) is 0.600. The molecule has 0 fully saturated rings. The molecule has 1 atom stereocenters. The van der Waals surface area contributed by atoms with E-state index in [1.54, 1.807) is 11.3 Å². The van der Waals surface area contributed by atoms with Crippen molar-refractivity contribution < 1.29 is 14.7 Å². The van der Waals surface area contributed by atoms with Crippen LogP contribution in [0.15, 0.2) is 17.5 Å². The van der Waals surface area contributed by atoms with E-state index >= 15 is 0 Å². The summed E-state index contributed by atoms with van der Waals surface area (Å²) in [6.07, 6.45) is 2.14. The van der Waals surface area contributed by atoms with Gasteiger partial charge in [-0.3, -0.25) is 9.59 Å². The number of thiophene rings is 1. The van der Waals surface area contributed by atoms with E-state index in [0.29, 0.717) is 18.9 Å². The number of rotatable bonds is 9. The summed E-state index contributed by atoms with van der Waals surface area (Å²) in [5.41, 5.74) is 0. The van der Waals surface area contributed by atoms with Crippen molar-refractivity contribution in [1.29, 1.82) is 0 Å². The van der Waals surface area contributed by atoms with E-state index in [-0.39, 0.29) is 18.2 Å². The molecule has 5 heteroatoms. The molecule has 20 heavy (non-hydrogen) atoms. The van der Waals surface area contributed by atoms with Crippen molar-refractivity contribution in [1.82, 2.24) is 5.32 Å². The molecule has 1 aromatic rings. The van der Waals surface area contributed by atoms with Gasteiger partial charge >= 0.3 is 5.97 Å². The maximum absolute atomic E-state index is 11.8. The maximum atomic E-state index is 11.8. The average molecular weight is 297 g/mol. The third-order valence-electron chi connectivity index (χ3n) is 3.03. The van der Waals surface area contributed by atoms with Gasteiger partial charge in [-0.05, 0) is 36.1 Å². The van der Waals surface area contributed by atoms with Crippen molar-refractivity contribution in [3.05, 3.63) is 22.4 Å². The van der Waals surface area contributed by atoms with Gasteiger partial charge in [0.05, 0.1) is 0 Å². The zero-order valence-electron chi connectivity index (χ0n) is 12.1. The zero-order chi connectivity index (χ0) is 15.0. The van der Waals surface area contributed by atoms with Gasteiger partial charge in [0.1, 0.15) is 0 Å². The molecule has 0 bridgehead atoms. The minimum Gasteiger partial charge on any atom is -0.481 e. The SMILES string of the molecule is CC(C)C[C@H](CNC(=O)CCc1cccs1)CC(=O)O. The lowest BCUT2D eigenvalue weighted by molar-refractivity contribution is -0.138. The van der Waals surface area contributed by atoms with Crippen LogP contribution in [0.25, 0.3) is 0 Å². The Kier molecular flexibility index (Phi) is 7.30. The number of aryl methyl sites for hydroxylation is 1. The van der Waals surface area contributed by atoms with E-state index in [1.807, 2.05) is 17.5 Å². The molecule has 1 rings (SSSR count). The van der Waals surface area contributed by atoms with Crippen LogP contribution in [0, 0.1) is 11.8 Å². The molecular formula is C15H23NO3S. The number of carbonyl (C=O) groups excluding carboxylic acids is 1. The first-order valence-corrected chi connectivity index (χ1v) is 7.86. The van der Waals surface area contributed by atoms with Crippen LogP contribution in [-0.4, -0.2) is 23.5 Å². The topological polar surface area (TPSA) is 66.4 Å². The third-order valence-corrected chi connectivity index (χ3v) is 3.97. The molecule has 0 saturated carbocycles. The highest BCUT2D eigenvalue weighted by atomic mass is 32.1. The Morgan fingerprint density at radius 1 is 1.40 bits per heavy atom. The van der Waals surface area contributed by atoms with Crippen LogP contribution in [0.4, 0.5) is 0 Å². The Balaban J connectivity index is 2.30. The molecule has 2 N–H and O–H groups in total. The number of hydrogen-bond donors (Lipinski definition) is 2. The summed E-state index contributed by atoms with van der Waals surface area (Å²) in [4.78, 5) is 23.8. The summed E-state index contributed by atoms with van der Waals surface area (Å²) in [5, 5.41) is 13.7. The smallest absolute Gasteiger partial charge is 0.303 e. The van der Waals surface area contributed by atoms with Crippen molar-refractivity contribution in [2.45, 2.75) is 39.5 Å². The number of hydrogen-bond acceptors (Lipinski definition) is 3. The van der Waals surface area contributed by atoms with Gasteiger partial charge in [0.15, 0.2) is 0 Å². The predicted octanol–water partition coefficient (Wildman–Crippen LogP) is 2.93. The van der Waals surface area contributed by atoms with E-state index in [4.69, 9.17) is 5.11 Å². The van der Waals surface area contributed by atoms with Crippen LogP contribution in [0.3, 0.4) is 0 Å². The molecule has 0 saturated heterocycles. The molecule has 0 aliphatic carbocycles. The molecule has 0 aromatic carbocycles. The fourth-order valence-electron chi connectivity index (χ4n) is 2.19. The normalized spacial score (nSPS) is 12.3. The van der Waals surface area contributed by atoms with E-state index in [9.17, 15) is 9.59 Å². The predicted molar refractivity (Wildman–Crippen MR) is 80.8 cm³/mol. The molecule has 0 unspecified atom stereocenters. The summed E-state index contributed by atoms with van der Waals surface area (Å²) >= 11 is 1.65. The number of carbonyl (C=O) groups is 2. The second kappa shape index (κ2) is 8.74. The van der Waals surface area contributed by atoms with Crippen molar-refractivity contribution in [2.24, 2.45) is 11.8 Å². The van der Waals surface area contributed by atoms with Crippen LogP contribution in [0.2, 0.25) is 0 Å². The van der Waals surface area contributed by atoms with Gasteiger partial charge in [-0.1, -0.05) is 19.9 Å². The van der Waals surface area contributed by atoms with Gasteiger partial charge in [0.2, 0.25) is 5.91 Å². The summed E-state index contributed by atoms with van der Waals surface area (Å²) < 4.78 is 0. The molecule has 1 heterocycles. The Morgan fingerprint density at radius 3 is 2.70 bits per heavy atom. The Bertz CT molecular complexity index is 415. The highest BCUT2D eigenvalue weighted by Crippen LogP contribution is 2.15. The third kappa shape index (κ3) is 7.28. The van der Waals surface area contributed by atoms with E-state index in [0.717, 1.165) is 12.8 Å². The number of aliphatic carboxylic acids is 1. The largest absolute Gasteiger partial charge is 0.481 e. The van der Waals surface area contributed by atoms with Gasteiger partial charge in [-0.25, -0.2) is 0 Å². The van der Waals surface area contributed by atoms with Crippen molar-refractivity contribution in [3.63, 3.8) is 0 Å². The minimum atomic E-state index is -0.802. The van der Waals surface area contributed by atoms with Gasteiger partial charge in [-0.2, -0.15) is 0 Å². The molecule has 0 radical (unpaired) electrons. The highest BCUT2D eigenvalue weighted by Gasteiger charge is 2.16. The standard InChI is InChI=1S/C15H23NO3S/c1-11(2)8-12(9-15(18)19)10-16-14(17)6-5-13-4-3-7-20-13/h3-4,7,11-12H,5-6,8-10H2,1-2H3,(H,16,17)(H,18,19)/t12-/m0/s1. The fourth-order valence-corrected chi connectivity index (χ4v) is 2.90. The quantitative estimate of drug-likeness (QED) is 0.736. The lowest BCUT2D eigenvalue weighted by Crippen LogP contribution is -2.31. The Morgan fingerprint density at radius 2 is 2.15 bits per heavy atom. The monoisotopic (exact) mass is 297 g/mol. The maximum Gasteiger partial charge on any atom is 0.303 e. The first kappa shape index (κ1) is 16.7. The van der Waals surface area contributed by atoms with Gasteiger partial charge in [0, 0.05) is 24.3 Å². The summed E-state index contributed by atoms with van der Waals surface area (Å²) in [6.45, 7) is 4.58. The molecule has 0 aliphatic heterocycles. The lowest BCUT2D eigenvalue weighted by atomic mass is 9.94. The zero-order valence-corrected chi connectivity index (χ0v) is 12.9.